The summed E-state index contributed by atoms with van der Waals surface area (Å²) in [6.07, 6.45) is 22.8. The number of hydrogen-bond donors (Lipinski definition) is 0. The second kappa shape index (κ2) is 17.3. The first-order chi connectivity index (χ1) is 20.8. The Labute approximate surface area is 308 Å². The molecular weight excluding hydrogens is 679 g/mol. The normalized spacial score (nSPS) is 18.3. The predicted molar refractivity (Wildman–Crippen MR) is 194 cm³/mol. The molecule has 46 heavy (non-hydrogen) atoms. The summed E-state index contributed by atoms with van der Waals surface area (Å²) in [4.78, 5) is 0. The van der Waals surface area contributed by atoms with Gasteiger partial charge in [-0.25, -0.2) is 11.6 Å². The molecule has 0 aliphatic heterocycles. The van der Waals surface area contributed by atoms with Crippen LogP contribution < -0.4 is 24.8 Å². The van der Waals surface area contributed by atoms with Gasteiger partial charge in [-0.2, -0.15) is 6.08 Å². The zero-order chi connectivity index (χ0) is 32.2. The molecule has 0 saturated heterocycles. The van der Waals surface area contributed by atoms with E-state index in [1.165, 1.54) is 99.0 Å². The number of rotatable bonds is 6. The number of benzene rings is 2. The molecule has 0 saturated carbocycles. The van der Waals surface area contributed by atoms with Crippen LogP contribution in [0.2, 0.25) is 0 Å². The zero-order valence-corrected chi connectivity index (χ0v) is 34.2. The number of allylic oxidation sites excluding steroid dienone is 8. The molecule has 0 nitrogen and oxygen atoms in total. The molecule has 3 aliphatic carbocycles. The van der Waals surface area contributed by atoms with Crippen LogP contribution in [-0.2, 0) is 35.1 Å². The van der Waals surface area contributed by atoms with Gasteiger partial charge >= 0.3 is 79.8 Å². The third kappa shape index (κ3) is 9.61. The molecule has 0 N–H and O–H groups in total. The van der Waals surface area contributed by atoms with Crippen LogP contribution in [0.1, 0.15) is 143 Å². The van der Waals surface area contributed by atoms with Gasteiger partial charge in [0.2, 0.25) is 0 Å². The predicted octanol–water partition coefficient (Wildman–Crippen LogP) is 6.92. The first kappa shape index (κ1) is 40.8. The van der Waals surface area contributed by atoms with Crippen LogP contribution in [0.15, 0.2) is 60.2 Å². The summed E-state index contributed by atoms with van der Waals surface area (Å²) in [7, 11) is 0. The first-order valence-corrected chi connectivity index (χ1v) is 18.4. The number of hydrogen-bond acceptors (Lipinski definition) is 0. The van der Waals surface area contributed by atoms with E-state index in [-0.39, 0.29) is 35.6 Å². The summed E-state index contributed by atoms with van der Waals surface area (Å²) < 4.78 is 1.79. The SMILES string of the molecule is CC1=CC(C)[C-]=C1.CC1=CCC(C)(C)c2cc3[cH-]c4cc5c(cc4c3cc21)C(C)=CCC5(C)C.CCCC[C](=[Zr+2])CCCC.[Cl-].[Cl-]. The van der Waals surface area contributed by atoms with E-state index in [2.05, 4.69) is 124 Å². The Balaban J connectivity index is 0.000000323. The third-order valence-corrected chi connectivity index (χ3v) is 11.1. The summed E-state index contributed by atoms with van der Waals surface area (Å²) in [5.41, 5.74) is 10.5. The standard InChI is InChI=1S/C27H29.C9H18.C7H9.2ClH.Zr/c1-16-7-9-26(3,4)24-12-18-11-19-13-25-21(17(2)8-10-27(25,5)6)15-23(19)22(18)14-20(16)24;1-3-5-7-9-8-6-4-2;1-6-3-4-7(2)5-6;;;/h7-8,11-15H,9-10H2,1-6H3;3-8H2,1-2H3;3,5,7H,1-2H3;2*1H;/q-1;;-1;;;+2/p-2. The van der Waals surface area contributed by atoms with Crippen molar-refractivity contribution in [3.63, 3.8) is 0 Å². The van der Waals surface area contributed by atoms with E-state index in [0.29, 0.717) is 5.92 Å². The van der Waals surface area contributed by atoms with Gasteiger partial charge in [0.15, 0.2) is 0 Å². The maximum Gasteiger partial charge on any atom is -1.00 e. The Hall–Kier alpha value is -1.40. The van der Waals surface area contributed by atoms with Gasteiger partial charge in [0.05, 0.1) is 0 Å². The van der Waals surface area contributed by atoms with Gasteiger partial charge in [-0.15, -0.1) is 46.7 Å². The van der Waals surface area contributed by atoms with E-state index in [1.807, 2.05) is 6.08 Å². The van der Waals surface area contributed by atoms with Gasteiger partial charge in [-0.1, -0.05) is 75.9 Å². The second-order valence-electron chi connectivity index (χ2n) is 14.9. The molecule has 248 valence electrons. The average Bonchev–Trinajstić information content (AvgIpc) is 3.55. The van der Waals surface area contributed by atoms with E-state index in [4.69, 9.17) is 0 Å². The van der Waals surface area contributed by atoms with Crippen LogP contribution in [-0.4, -0.2) is 3.21 Å². The molecule has 0 fully saturated rings. The molecular formula is C43H56Cl2Zr-2. The van der Waals surface area contributed by atoms with Crippen molar-refractivity contribution in [2.75, 3.05) is 0 Å². The maximum atomic E-state index is 3.15. The molecule has 3 heteroatoms. The largest absolute Gasteiger partial charge is 1.00 e. The van der Waals surface area contributed by atoms with Gasteiger partial charge in [-0.05, 0) is 59.8 Å². The summed E-state index contributed by atoms with van der Waals surface area (Å²) in [6, 6.07) is 12.3. The average molecular weight is 735 g/mol. The monoisotopic (exact) mass is 732 g/mol. The Bertz CT molecular complexity index is 1530. The molecule has 3 aromatic carbocycles. The fourth-order valence-electron chi connectivity index (χ4n) is 6.79. The summed E-state index contributed by atoms with van der Waals surface area (Å²) in [5.74, 6) is 0.556. The van der Waals surface area contributed by atoms with E-state index in [0.717, 1.165) is 12.8 Å². The van der Waals surface area contributed by atoms with Gasteiger partial charge in [0.25, 0.3) is 0 Å². The third-order valence-electron chi connectivity index (χ3n) is 9.88. The summed E-state index contributed by atoms with van der Waals surface area (Å²) >= 11 is 1.67. The van der Waals surface area contributed by atoms with Crippen molar-refractivity contribution in [2.45, 2.75) is 131 Å². The molecule has 0 aromatic heterocycles. The summed E-state index contributed by atoms with van der Waals surface area (Å²) in [5, 5.41) is 5.61. The molecule has 0 radical (unpaired) electrons. The molecule has 0 spiro atoms. The number of unbranched alkanes of at least 4 members (excludes halogenated alkanes) is 2. The van der Waals surface area contributed by atoms with E-state index < -0.39 is 0 Å². The minimum atomic E-state index is 0. The zero-order valence-electron chi connectivity index (χ0n) is 30.2. The minimum Gasteiger partial charge on any atom is -1.00 e. The van der Waals surface area contributed by atoms with Crippen molar-refractivity contribution < 1.29 is 49.0 Å². The van der Waals surface area contributed by atoms with Crippen LogP contribution in [0, 0.1) is 12.0 Å². The number of halogens is 2. The summed E-state index contributed by atoms with van der Waals surface area (Å²) in [6.45, 7) is 22.8. The van der Waals surface area contributed by atoms with E-state index in [1.54, 1.807) is 27.4 Å². The minimum absolute atomic E-state index is 0. The Kier molecular flexibility index (Phi) is 15.4. The molecule has 1 atom stereocenters. The van der Waals surface area contributed by atoms with Crippen molar-refractivity contribution in [3.05, 3.63) is 88.5 Å². The molecule has 3 aliphatic rings. The molecule has 0 heterocycles. The molecule has 1 unspecified atom stereocenters. The maximum absolute atomic E-state index is 3.15. The first-order valence-electron chi connectivity index (χ1n) is 17.2. The Morgan fingerprint density at radius 3 is 1.54 bits per heavy atom. The fourth-order valence-corrected chi connectivity index (χ4v) is 7.66. The van der Waals surface area contributed by atoms with Gasteiger partial charge in [0, 0.05) is 0 Å². The van der Waals surface area contributed by atoms with Crippen LogP contribution in [0.4, 0.5) is 0 Å². The van der Waals surface area contributed by atoms with Crippen molar-refractivity contribution in [2.24, 2.45) is 5.92 Å². The Morgan fingerprint density at radius 1 is 0.783 bits per heavy atom. The second-order valence-corrected chi connectivity index (χ2v) is 16.6. The molecule has 0 amide bonds. The van der Waals surface area contributed by atoms with Gasteiger partial charge in [-0.3, -0.25) is 6.08 Å². The fraction of sp³-hybridized carbons (Fsp3) is 0.488. The number of fused-ring (bicyclic) bond motifs is 5. The van der Waals surface area contributed by atoms with Crippen molar-refractivity contribution in [1.29, 1.82) is 0 Å². The molecule has 3 aromatic rings. The van der Waals surface area contributed by atoms with E-state index in [9.17, 15) is 0 Å². The van der Waals surface area contributed by atoms with Crippen LogP contribution in [0.3, 0.4) is 0 Å². The molecule has 0 bridgehead atoms. The van der Waals surface area contributed by atoms with Gasteiger partial charge < -0.3 is 24.8 Å². The van der Waals surface area contributed by atoms with Crippen LogP contribution >= 0.6 is 0 Å². The van der Waals surface area contributed by atoms with Crippen molar-refractivity contribution in [1.82, 2.24) is 0 Å². The van der Waals surface area contributed by atoms with Crippen LogP contribution in [0.5, 0.6) is 0 Å². The quantitative estimate of drug-likeness (QED) is 0.242. The van der Waals surface area contributed by atoms with Crippen molar-refractivity contribution in [3.8, 4) is 0 Å². The molecule has 6 rings (SSSR count). The van der Waals surface area contributed by atoms with Crippen LogP contribution in [0.25, 0.3) is 32.7 Å². The van der Waals surface area contributed by atoms with Crippen molar-refractivity contribution >= 4 is 35.9 Å². The van der Waals surface area contributed by atoms with E-state index >= 15 is 0 Å². The topological polar surface area (TPSA) is 0 Å². The van der Waals surface area contributed by atoms with Gasteiger partial charge in [0.1, 0.15) is 0 Å². The Morgan fingerprint density at radius 2 is 1.22 bits per heavy atom. The smallest absolute Gasteiger partial charge is 1.00 e.